The van der Waals surface area contributed by atoms with Crippen LogP contribution in [0.5, 0.6) is 0 Å². The first kappa shape index (κ1) is 12.6. The third-order valence-corrected chi connectivity index (χ3v) is 3.69. The van der Waals surface area contributed by atoms with Crippen molar-refractivity contribution in [2.45, 2.75) is 31.3 Å². The van der Waals surface area contributed by atoms with Crippen LogP contribution in [0, 0.1) is 0 Å². The van der Waals surface area contributed by atoms with Crippen molar-refractivity contribution in [3.05, 3.63) is 35.9 Å². The molecule has 1 aliphatic heterocycles. The van der Waals surface area contributed by atoms with Gasteiger partial charge in [-0.3, -0.25) is 4.90 Å². The summed E-state index contributed by atoms with van der Waals surface area (Å²) in [6, 6.07) is 10.8. The van der Waals surface area contributed by atoms with Crippen molar-refractivity contribution in [3.63, 3.8) is 0 Å². The van der Waals surface area contributed by atoms with Crippen molar-refractivity contribution in [2.24, 2.45) is 0 Å². The smallest absolute Gasteiger partial charge is 0.0587 e. The monoisotopic (exact) mass is 235 g/mol. The number of hydrogen-bond acceptors (Lipinski definition) is 3. The zero-order valence-corrected chi connectivity index (χ0v) is 10.1. The van der Waals surface area contributed by atoms with Gasteiger partial charge in [-0.25, -0.2) is 0 Å². The Morgan fingerprint density at radius 1 is 1.00 bits per heavy atom. The maximum absolute atomic E-state index is 9.32. The van der Waals surface area contributed by atoms with Gasteiger partial charge in [0.15, 0.2) is 0 Å². The Hall–Kier alpha value is -0.900. The van der Waals surface area contributed by atoms with Gasteiger partial charge in [0.25, 0.3) is 0 Å². The highest BCUT2D eigenvalue weighted by molar-refractivity contribution is 5.15. The lowest BCUT2D eigenvalue weighted by molar-refractivity contribution is 0.0975. The van der Waals surface area contributed by atoms with Crippen LogP contribution in [0.4, 0.5) is 0 Å². The fourth-order valence-electron chi connectivity index (χ4n) is 2.67. The van der Waals surface area contributed by atoms with Crippen molar-refractivity contribution in [2.75, 3.05) is 19.8 Å². The fraction of sp³-hybridized carbons (Fsp3) is 0.571. The second-order valence-electron chi connectivity index (χ2n) is 4.72. The molecule has 0 aliphatic carbocycles. The maximum Gasteiger partial charge on any atom is 0.0587 e. The molecule has 2 unspecified atom stereocenters. The number of likely N-dealkylation sites (tertiary alicyclic amines) is 1. The molecular formula is C14H21NO2. The highest BCUT2D eigenvalue weighted by Gasteiger charge is 2.31. The molecule has 0 aromatic heterocycles. The average molecular weight is 235 g/mol. The summed E-state index contributed by atoms with van der Waals surface area (Å²) >= 11 is 0. The Labute approximate surface area is 103 Å². The van der Waals surface area contributed by atoms with Gasteiger partial charge in [-0.05, 0) is 24.8 Å². The molecule has 2 rings (SSSR count). The normalized spacial score (nSPS) is 25.3. The van der Waals surface area contributed by atoms with Gasteiger partial charge in [0.1, 0.15) is 0 Å². The molecule has 1 heterocycles. The van der Waals surface area contributed by atoms with Crippen LogP contribution in [0.2, 0.25) is 0 Å². The third-order valence-electron chi connectivity index (χ3n) is 3.69. The second-order valence-corrected chi connectivity index (χ2v) is 4.72. The zero-order valence-electron chi connectivity index (χ0n) is 10.1. The molecule has 0 saturated carbocycles. The Kier molecular flexibility index (Phi) is 4.54. The summed E-state index contributed by atoms with van der Waals surface area (Å²) in [5, 5.41) is 18.6. The molecule has 1 aromatic rings. The van der Waals surface area contributed by atoms with Crippen molar-refractivity contribution < 1.29 is 10.2 Å². The predicted molar refractivity (Wildman–Crippen MR) is 67.8 cm³/mol. The van der Waals surface area contributed by atoms with Gasteiger partial charge in [-0.1, -0.05) is 30.3 Å². The van der Waals surface area contributed by atoms with Crippen LogP contribution in [0.15, 0.2) is 30.3 Å². The first-order valence-corrected chi connectivity index (χ1v) is 6.36. The van der Waals surface area contributed by atoms with Crippen LogP contribution >= 0.6 is 0 Å². The molecule has 17 heavy (non-hydrogen) atoms. The van der Waals surface area contributed by atoms with Gasteiger partial charge >= 0.3 is 0 Å². The number of aliphatic hydroxyl groups is 2. The summed E-state index contributed by atoms with van der Waals surface area (Å²) in [5.74, 6) is 0. The van der Waals surface area contributed by atoms with E-state index >= 15 is 0 Å². The highest BCUT2D eigenvalue weighted by Crippen LogP contribution is 2.23. The van der Waals surface area contributed by atoms with Crippen LogP contribution < -0.4 is 0 Å². The van der Waals surface area contributed by atoms with Crippen LogP contribution in [-0.2, 0) is 6.42 Å². The van der Waals surface area contributed by atoms with Gasteiger partial charge in [0.05, 0.1) is 13.2 Å². The van der Waals surface area contributed by atoms with Crippen molar-refractivity contribution in [1.82, 2.24) is 4.90 Å². The van der Waals surface area contributed by atoms with E-state index in [4.69, 9.17) is 0 Å². The van der Waals surface area contributed by atoms with E-state index < -0.39 is 0 Å². The standard InChI is InChI=1S/C14H21NO2/c16-10-13-6-7-14(11-17)15(13)9-8-12-4-2-1-3-5-12/h1-5,13-14,16-17H,6-11H2. The number of aliphatic hydroxyl groups excluding tert-OH is 2. The Bertz CT molecular complexity index is 316. The quantitative estimate of drug-likeness (QED) is 0.801. The minimum Gasteiger partial charge on any atom is -0.395 e. The van der Waals surface area contributed by atoms with Gasteiger partial charge < -0.3 is 10.2 Å². The summed E-state index contributed by atoms with van der Waals surface area (Å²) in [6.07, 6.45) is 2.97. The van der Waals surface area contributed by atoms with E-state index in [1.165, 1.54) is 5.56 Å². The summed E-state index contributed by atoms with van der Waals surface area (Å²) in [5.41, 5.74) is 1.31. The predicted octanol–water partition coefficient (Wildman–Crippen LogP) is 1.05. The highest BCUT2D eigenvalue weighted by atomic mass is 16.3. The van der Waals surface area contributed by atoms with Crippen LogP contribution in [-0.4, -0.2) is 47.0 Å². The molecule has 2 N–H and O–H groups in total. The molecule has 1 saturated heterocycles. The Balaban J connectivity index is 1.92. The molecule has 3 heteroatoms. The Morgan fingerprint density at radius 2 is 1.59 bits per heavy atom. The Morgan fingerprint density at radius 3 is 2.12 bits per heavy atom. The number of benzene rings is 1. The minimum absolute atomic E-state index is 0.200. The van der Waals surface area contributed by atoms with E-state index in [1.807, 2.05) is 18.2 Å². The van der Waals surface area contributed by atoms with E-state index in [0.29, 0.717) is 0 Å². The molecule has 0 radical (unpaired) electrons. The van der Waals surface area contributed by atoms with E-state index in [0.717, 1.165) is 25.8 Å². The second kappa shape index (κ2) is 6.15. The van der Waals surface area contributed by atoms with Gasteiger partial charge in [-0.15, -0.1) is 0 Å². The summed E-state index contributed by atoms with van der Waals surface area (Å²) in [6.45, 7) is 1.32. The van der Waals surface area contributed by atoms with Crippen molar-refractivity contribution >= 4 is 0 Å². The number of rotatable bonds is 5. The molecule has 0 bridgehead atoms. The fourth-order valence-corrected chi connectivity index (χ4v) is 2.67. The van der Waals surface area contributed by atoms with E-state index in [2.05, 4.69) is 17.0 Å². The summed E-state index contributed by atoms with van der Waals surface area (Å²) in [7, 11) is 0. The van der Waals surface area contributed by atoms with Crippen molar-refractivity contribution in [3.8, 4) is 0 Å². The molecule has 94 valence electrons. The third kappa shape index (κ3) is 3.06. The average Bonchev–Trinajstić information content (AvgIpc) is 2.79. The number of hydrogen-bond donors (Lipinski definition) is 2. The van der Waals surface area contributed by atoms with Gasteiger partial charge in [0.2, 0.25) is 0 Å². The van der Waals surface area contributed by atoms with Gasteiger partial charge in [-0.2, -0.15) is 0 Å². The van der Waals surface area contributed by atoms with E-state index in [9.17, 15) is 10.2 Å². The first-order chi connectivity index (χ1) is 8.35. The molecule has 0 spiro atoms. The van der Waals surface area contributed by atoms with Crippen LogP contribution in [0.1, 0.15) is 18.4 Å². The maximum atomic E-state index is 9.32. The molecule has 0 amide bonds. The molecule has 1 fully saturated rings. The largest absolute Gasteiger partial charge is 0.395 e. The molecule has 2 atom stereocenters. The molecule has 3 nitrogen and oxygen atoms in total. The topological polar surface area (TPSA) is 43.7 Å². The SMILES string of the molecule is OCC1CCC(CO)N1CCc1ccccc1. The number of nitrogens with zero attached hydrogens (tertiary/aromatic N) is 1. The lowest BCUT2D eigenvalue weighted by Gasteiger charge is -2.28. The molecule has 1 aliphatic rings. The molecular weight excluding hydrogens is 214 g/mol. The lowest BCUT2D eigenvalue weighted by atomic mass is 10.1. The lowest BCUT2D eigenvalue weighted by Crippen LogP contribution is -2.41. The van der Waals surface area contributed by atoms with Crippen molar-refractivity contribution in [1.29, 1.82) is 0 Å². The van der Waals surface area contributed by atoms with Crippen LogP contribution in [0.25, 0.3) is 0 Å². The van der Waals surface area contributed by atoms with E-state index in [1.54, 1.807) is 0 Å². The zero-order chi connectivity index (χ0) is 12.1. The van der Waals surface area contributed by atoms with E-state index in [-0.39, 0.29) is 25.3 Å². The summed E-state index contributed by atoms with van der Waals surface area (Å²) < 4.78 is 0. The van der Waals surface area contributed by atoms with Crippen LogP contribution in [0.3, 0.4) is 0 Å². The van der Waals surface area contributed by atoms with Gasteiger partial charge in [0, 0.05) is 18.6 Å². The molecule has 1 aromatic carbocycles. The first-order valence-electron chi connectivity index (χ1n) is 6.36. The summed E-state index contributed by atoms with van der Waals surface area (Å²) in [4.78, 5) is 2.26. The minimum atomic E-state index is 0.200.